The van der Waals surface area contributed by atoms with Gasteiger partial charge in [0.1, 0.15) is 0 Å². The highest BCUT2D eigenvalue weighted by Crippen LogP contribution is 2.41. The van der Waals surface area contributed by atoms with E-state index in [9.17, 15) is 0 Å². The van der Waals surface area contributed by atoms with Crippen molar-refractivity contribution in [2.45, 2.75) is 58.4 Å². The number of pyridine rings is 1. The van der Waals surface area contributed by atoms with Gasteiger partial charge in [0.25, 0.3) is 0 Å². The van der Waals surface area contributed by atoms with Gasteiger partial charge < -0.3 is 10.5 Å². The predicted octanol–water partition coefficient (Wildman–Crippen LogP) is 2.43. The van der Waals surface area contributed by atoms with Crippen molar-refractivity contribution in [3.05, 3.63) is 30.1 Å². The van der Waals surface area contributed by atoms with E-state index >= 15 is 0 Å². The third kappa shape index (κ3) is 3.62. The van der Waals surface area contributed by atoms with Crippen LogP contribution in [-0.4, -0.2) is 40.2 Å². The molecule has 4 heteroatoms. The predicted molar refractivity (Wildman–Crippen MR) is 85.9 cm³/mol. The highest BCUT2D eigenvalue weighted by molar-refractivity contribution is 5.06. The molecule has 1 aromatic rings. The van der Waals surface area contributed by atoms with Gasteiger partial charge in [0.15, 0.2) is 0 Å². The van der Waals surface area contributed by atoms with Gasteiger partial charge in [-0.05, 0) is 46.4 Å². The fraction of sp³-hybridized carbons (Fsp3) is 0.706. The smallest absolute Gasteiger partial charge is 0.0788 e. The van der Waals surface area contributed by atoms with Crippen molar-refractivity contribution in [3.8, 4) is 0 Å². The molecule has 21 heavy (non-hydrogen) atoms. The molecule has 2 N–H and O–H groups in total. The summed E-state index contributed by atoms with van der Waals surface area (Å²) in [6, 6.07) is 6.10. The van der Waals surface area contributed by atoms with Gasteiger partial charge in [-0.25, -0.2) is 0 Å². The van der Waals surface area contributed by atoms with Crippen LogP contribution >= 0.6 is 0 Å². The van der Waals surface area contributed by atoms with Crippen LogP contribution in [0.1, 0.15) is 40.3 Å². The topological polar surface area (TPSA) is 51.4 Å². The van der Waals surface area contributed by atoms with Gasteiger partial charge in [-0.1, -0.05) is 13.0 Å². The van der Waals surface area contributed by atoms with E-state index in [2.05, 4.69) is 50.6 Å². The lowest BCUT2D eigenvalue weighted by Crippen LogP contribution is -2.48. The molecule has 0 amide bonds. The fourth-order valence-corrected chi connectivity index (χ4v) is 3.38. The van der Waals surface area contributed by atoms with E-state index in [1.165, 1.54) is 0 Å². The maximum Gasteiger partial charge on any atom is 0.0788 e. The Morgan fingerprint density at radius 2 is 1.95 bits per heavy atom. The fourth-order valence-electron chi connectivity index (χ4n) is 3.38. The molecule has 0 radical (unpaired) electrons. The van der Waals surface area contributed by atoms with E-state index in [0.29, 0.717) is 5.92 Å². The van der Waals surface area contributed by atoms with Crippen LogP contribution in [0.3, 0.4) is 0 Å². The zero-order valence-corrected chi connectivity index (χ0v) is 14.0. The largest absolute Gasteiger partial charge is 0.368 e. The monoisotopic (exact) mass is 291 g/mol. The molecule has 0 saturated carbocycles. The standard InChI is InChI=1S/C17H29N3O/c1-6-20(11-13-9-7-8-10-19-13)12-14-15(18)17(4,5)21-16(14,2)3/h7-10,14-15H,6,11-12,18H2,1-5H3. The lowest BCUT2D eigenvalue weighted by Gasteiger charge is -2.32. The Labute approximate surface area is 128 Å². The minimum atomic E-state index is -0.265. The molecular formula is C17H29N3O. The molecule has 1 aromatic heterocycles. The van der Waals surface area contributed by atoms with Crippen LogP contribution < -0.4 is 5.73 Å². The van der Waals surface area contributed by atoms with E-state index in [1.807, 2.05) is 18.3 Å². The van der Waals surface area contributed by atoms with Gasteiger partial charge in [-0.2, -0.15) is 0 Å². The summed E-state index contributed by atoms with van der Waals surface area (Å²) in [6.07, 6.45) is 1.85. The first-order valence-corrected chi connectivity index (χ1v) is 7.84. The summed E-state index contributed by atoms with van der Waals surface area (Å²) in [4.78, 5) is 6.82. The molecule has 2 heterocycles. The second-order valence-electron chi connectivity index (χ2n) is 7.09. The molecule has 118 valence electrons. The van der Waals surface area contributed by atoms with E-state index in [-0.39, 0.29) is 17.2 Å². The van der Waals surface area contributed by atoms with E-state index < -0.39 is 0 Å². The van der Waals surface area contributed by atoms with Gasteiger partial charge in [0.2, 0.25) is 0 Å². The van der Waals surface area contributed by atoms with Crippen LogP contribution in [-0.2, 0) is 11.3 Å². The highest BCUT2D eigenvalue weighted by atomic mass is 16.5. The second kappa shape index (κ2) is 6.03. The Kier molecular flexibility index (Phi) is 4.71. The van der Waals surface area contributed by atoms with Gasteiger partial charge in [0, 0.05) is 31.2 Å². The Hall–Kier alpha value is -0.970. The molecule has 2 unspecified atom stereocenters. The minimum absolute atomic E-state index is 0.0466. The van der Waals surface area contributed by atoms with Crippen molar-refractivity contribution in [2.24, 2.45) is 11.7 Å². The maximum atomic E-state index is 6.46. The number of nitrogens with zero attached hydrogens (tertiary/aromatic N) is 2. The minimum Gasteiger partial charge on any atom is -0.368 e. The molecule has 1 saturated heterocycles. The molecule has 1 aliphatic rings. The summed E-state index contributed by atoms with van der Waals surface area (Å²) in [5, 5.41) is 0. The van der Waals surface area contributed by atoms with E-state index in [4.69, 9.17) is 10.5 Å². The van der Waals surface area contributed by atoms with Gasteiger partial charge in [0.05, 0.1) is 16.9 Å². The third-order valence-electron chi connectivity index (χ3n) is 4.67. The van der Waals surface area contributed by atoms with Crippen LogP contribution in [0.15, 0.2) is 24.4 Å². The van der Waals surface area contributed by atoms with E-state index in [0.717, 1.165) is 25.3 Å². The summed E-state index contributed by atoms with van der Waals surface area (Å²) in [5.74, 6) is 0.316. The third-order valence-corrected chi connectivity index (χ3v) is 4.67. The average Bonchev–Trinajstić information content (AvgIpc) is 2.57. The SMILES string of the molecule is CCN(Cc1ccccn1)CC1C(N)C(C)(C)OC1(C)C. The molecule has 4 nitrogen and oxygen atoms in total. The molecule has 2 rings (SSSR count). The molecule has 0 aromatic carbocycles. The molecule has 2 atom stereocenters. The number of rotatable bonds is 5. The Balaban J connectivity index is 2.07. The van der Waals surface area contributed by atoms with Gasteiger partial charge in [-0.15, -0.1) is 0 Å². The Morgan fingerprint density at radius 1 is 1.24 bits per heavy atom. The highest BCUT2D eigenvalue weighted by Gasteiger charge is 2.52. The zero-order valence-electron chi connectivity index (χ0n) is 14.0. The summed E-state index contributed by atoms with van der Waals surface area (Å²) in [5.41, 5.74) is 7.10. The summed E-state index contributed by atoms with van der Waals surface area (Å²) in [7, 11) is 0. The number of hydrogen-bond acceptors (Lipinski definition) is 4. The van der Waals surface area contributed by atoms with Crippen LogP contribution in [0.2, 0.25) is 0 Å². The zero-order chi connectivity index (χ0) is 15.7. The summed E-state index contributed by atoms with van der Waals surface area (Å²) >= 11 is 0. The maximum absolute atomic E-state index is 6.46. The molecule has 0 aliphatic carbocycles. The number of aromatic nitrogens is 1. The molecule has 0 spiro atoms. The summed E-state index contributed by atoms with van der Waals surface area (Å²) < 4.78 is 6.19. The van der Waals surface area contributed by atoms with E-state index in [1.54, 1.807) is 0 Å². The van der Waals surface area contributed by atoms with Crippen molar-refractivity contribution in [3.63, 3.8) is 0 Å². The Morgan fingerprint density at radius 3 is 2.43 bits per heavy atom. The van der Waals surface area contributed by atoms with Crippen LogP contribution in [0, 0.1) is 5.92 Å². The van der Waals surface area contributed by atoms with Gasteiger partial charge >= 0.3 is 0 Å². The lowest BCUT2D eigenvalue weighted by molar-refractivity contribution is -0.0785. The Bertz CT molecular complexity index is 458. The first-order chi connectivity index (χ1) is 9.76. The first kappa shape index (κ1) is 16.4. The van der Waals surface area contributed by atoms with Crippen molar-refractivity contribution < 1.29 is 4.74 Å². The van der Waals surface area contributed by atoms with Crippen molar-refractivity contribution in [2.75, 3.05) is 13.1 Å². The lowest BCUT2D eigenvalue weighted by atomic mass is 9.82. The van der Waals surface area contributed by atoms with Crippen LogP contribution in [0.5, 0.6) is 0 Å². The van der Waals surface area contributed by atoms with Gasteiger partial charge in [-0.3, -0.25) is 9.88 Å². The molecular weight excluding hydrogens is 262 g/mol. The van der Waals surface area contributed by atoms with Crippen molar-refractivity contribution in [1.82, 2.24) is 9.88 Å². The van der Waals surface area contributed by atoms with Crippen molar-refractivity contribution >= 4 is 0 Å². The molecule has 0 bridgehead atoms. The number of nitrogens with two attached hydrogens (primary N) is 1. The van der Waals surface area contributed by atoms with Crippen LogP contribution in [0.25, 0.3) is 0 Å². The first-order valence-electron chi connectivity index (χ1n) is 7.84. The number of hydrogen-bond donors (Lipinski definition) is 1. The van der Waals surface area contributed by atoms with Crippen molar-refractivity contribution in [1.29, 1.82) is 0 Å². The second-order valence-corrected chi connectivity index (χ2v) is 7.09. The van der Waals surface area contributed by atoms with Crippen LogP contribution in [0.4, 0.5) is 0 Å². The number of ether oxygens (including phenoxy) is 1. The quantitative estimate of drug-likeness (QED) is 0.905. The molecule has 1 fully saturated rings. The normalized spacial score (nSPS) is 27.2. The average molecular weight is 291 g/mol. The summed E-state index contributed by atoms with van der Waals surface area (Å²) in [6.45, 7) is 13.4. The molecule has 1 aliphatic heterocycles.